The van der Waals surface area contributed by atoms with Crippen LogP contribution in [0.3, 0.4) is 0 Å². The zero-order valence-corrected chi connectivity index (χ0v) is 10.3. The normalized spacial score (nSPS) is 10.9. The fraction of sp³-hybridized carbons (Fsp3) is 0.333. The van der Waals surface area contributed by atoms with E-state index >= 15 is 0 Å². The van der Waals surface area contributed by atoms with Gasteiger partial charge in [0, 0.05) is 6.92 Å². The van der Waals surface area contributed by atoms with Crippen molar-refractivity contribution in [3.05, 3.63) is 35.4 Å². The molecule has 2 N–H and O–H groups in total. The van der Waals surface area contributed by atoms with Gasteiger partial charge in [-0.3, -0.25) is 4.79 Å². The van der Waals surface area contributed by atoms with Gasteiger partial charge in [-0.2, -0.15) is 0 Å². The first-order valence-corrected chi connectivity index (χ1v) is 5.36. The molecule has 0 aromatic heterocycles. The predicted molar refractivity (Wildman–Crippen MR) is 61.9 cm³/mol. The van der Waals surface area contributed by atoms with Crippen LogP contribution in [0.2, 0.25) is 0 Å². The highest BCUT2D eigenvalue weighted by molar-refractivity contribution is 5.83. The molecule has 1 atom stereocenters. The number of hydrogen-bond acceptors (Lipinski definition) is 2. The Morgan fingerprint density at radius 1 is 1.22 bits per heavy atom. The Balaban J connectivity index is 0.00000137. The Labute approximate surface area is 104 Å². The number of aliphatic carboxylic acids is 1. The van der Waals surface area contributed by atoms with Crippen molar-refractivity contribution in [2.24, 2.45) is 0 Å². The van der Waals surface area contributed by atoms with Crippen molar-refractivity contribution in [2.75, 3.05) is 0 Å². The number of hydrogen-bond donors (Lipinski definition) is 2. The van der Waals surface area contributed by atoms with E-state index in [1.54, 1.807) is 0 Å². The number of carbonyl (C=O) groups excluding carboxylic acids is 1. The lowest BCUT2D eigenvalue weighted by atomic mass is 10.1. The zero-order valence-electron chi connectivity index (χ0n) is 10.3. The Bertz CT molecular complexity index is 435. The molecule has 18 heavy (non-hydrogen) atoms. The fourth-order valence-electron chi connectivity index (χ4n) is 1.18. The number of carboxylic acid groups (broad SMARTS) is 1. The van der Waals surface area contributed by atoms with Crippen LogP contribution in [-0.2, 0) is 9.59 Å². The molecule has 4 nitrogen and oxygen atoms in total. The standard InChI is InChI=1S/C10H9F2NO3.C2H6/c1-5(14)13-9(10(15)16)6-2-3-7(11)8(12)4-6;1-2/h2-4,9H,1H3,(H,13,14)(H,15,16);1-2H3. The molecular formula is C12H15F2NO3. The number of nitrogens with one attached hydrogen (secondary N) is 1. The molecule has 0 spiro atoms. The molecule has 0 aliphatic rings. The smallest absolute Gasteiger partial charge is 0.330 e. The monoisotopic (exact) mass is 259 g/mol. The van der Waals surface area contributed by atoms with Crippen LogP contribution in [0.4, 0.5) is 8.78 Å². The molecule has 0 saturated carbocycles. The summed E-state index contributed by atoms with van der Waals surface area (Å²) >= 11 is 0. The molecule has 1 aromatic carbocycles. The third-order valence-electron chi connectivity index (χ3n) is 1.87. The van der Waals surface area contributed by atoms with Gasteiger partial charge in [-0.1, -0.05) is 19.9 Å². The molecule has 0 saturated heterocycles. The molecule has 1 amide bonds. The van der Waals surface area contributed by atoms with Crippen molar-refractivity contribution < 1.29 is 23.5 Å². The number of amides is 1. The second-order valence-corrected chi connectivity index (χ2v) is 3.15. The summed E-state index contributed by atoms with van der Waals surface area (Å²) in [4.78, 5) is 21.5. The third-order valence-corrected chi connectivity index (χ3v) is 1.87. The van der Waals surface area contributed by atoms with Gasteiger partial charge in [0.1, 0.15) is 0 Å². The van der Waals surface area contributed by atoms with E-state index in [9.17, 15) is 18.4 Å². The highest BCUT2D eigenvalue weighted by Gasteiger charge is 2.21. The summed E-state index contributed by atoms with van der Waals surface area (Å²) in [6, 6.07) is 1.27. The predicted octanol–water partition coefficient (Wildman–Crippen LogP) is 2.25. The molecule has 1 rings (SSSR count). The fourth-order valence-corrected chi connectivity index (χ4v) is 1.18. The summed E-state index contributed by atoms with van der Waals surface area (Å²) in [6.45, 7) is 5.13. The van der Waals surface area contributed by atoms with Gasteiger partial charge in [0.25, 0.3) is 0 Å². The number of benzene rings is 1. The molecular weight excluding hydrogens is 244 g/mol. The minimum Gasteiger partial charge on any atom is -0.479 e. The van der Waals surface area contributed by atoms with E-state index in [-0.39, 0.29) is 5.56 Å². The van der Waals surface area contributed by atoms with Gasteiger partial charge in [0.2, 0.25) is 5.91 Å². The topological polar surface area (TPSA) is 66.4 Å². The van der Waals surface area contributed by atoms with E-state index < -0.39 is 29.6 Å². The first-order valence-electron chi connectivity index (χ1n) is 5.36. The molecule has 6 heteroatoms. The molecule has 0 fully saturated rings. The van der Waals surface area contributed by atoms with Crippen LogP contribution in [-0.4, -0.2) is 17.0 Å². The molecule has 0 heterocycles. The quantitative estimate of drug-likeness (QED) is 0.874. The lowest BCUT2D eigenvalue weighted by Crippen LogP contribution is -2.32. The Hall–Kier alpha value is -1.98. The first-order chi connectivity index (χ1) is 8.41. The summed E-state index contributed by atoms with van der Waals surface area (Å²) in [7, 11) is 0. The van der Waals surface area contributed by atoms with E-state index in [4.69, 9.17) is 5.11 Å². The van der Waals surface area contributed by atoms with Gasteiger partial charge in [-0.05, 0) is 17.7 Å². The maximum atomic E-state index is 12.9. The van der Waals surface area contributed by atoms with E-state index in [1.165, 1.54) is 0 Å². The number of carbonyl (C=O) groups is 2. The van der Waals surface area contributed by atoms with Crippen molar-refractivity contribution in [1.82, 2.24) is 5.32 Å². The maximum absolute atomic E-state index is 12.9. The lowest BCUT2D eigenvalue weighted by Gasteiger charge is -2.13. The lowest BCUT2D eigenvalue weighted by molar-refractivity contribution is -0.141. The SMILES string of the molecule is CC.CC(=O)NC(C(=O)O)c1ccc(F)c(F)c1. The van der Waals surface area contributed by atoms with Gasteiger partial charge in [-0.15, -0.1) is 0 Å². The van der Waals surface area contributed by atoms with Gasteiger partial charge in [-0.25, -0.2) is 13.6 Å². The molecule has 1 aromatic rings. The molecule has 0 aliphatic heterocycles. The van der Waals surface area contributed by atoms with Gasteiger partial charge in [0.05, 0.1) is 0 Å². The second-order valence-electron chi connectivity index (χ2n) is 3.15. The minimum absolute atomic E-state index is 0.0263. The zero-order chi connectivity index (χ0) is 14.3. The third kappa shape index (κ3) is 4.48. The van der Waals surface area contributed by atoms with E-state index in [2.05, 4.69) is 5.32 Å². The molecule has 0 radical (unpaired) electrons. The van der Waals surface area contributed by atoms with E-state index in [0.29, 0.717) is 0 Å². The summed E-state index contributed by atoms with van der Waals surface area (Å²) in [5.41, 5.74) is -0.0263. The van der Waals surface area contributed by atoms with Crippen LogP contribution < -0.4 is 5.32 Å². The van der Waals surface area contributed by atoms with Crippen molar-refractivity contribution in [2.45, 2.75) is 26.8 Å². The van der Waals surface area contributed by atoms with Crippen molar-refractivity contribution in [3.8, 4) is 0 Å². The van der Waals surface area contributed by atoms with Crippen molar-refractivity contribution in [3.63, 3.8) is 0 Å². The van der Waals surface area contributed by atoms with Crippen molar-refractivity contribution >= 4 is 11.9 Å². The highest BCUT2D eigenvalue weighted by Crippen LogP contribution is 2.16. The van der Waals surface area contributed by atoms with Crippen LogP contribution in [0.5, 0.6) is 0 Å². The van der Waals surface area contributed by atoms with E-state index in [1.807, 2.05) is 13.8 Å². The average molecular weight is 259 g/mol. The van der Waals surface area contributed by atoms with Gasteiger partial charge >= 0.3 is 5.97 Å². The van der Waals surface area contributed by atoms with Crippen LogP contribution in [0.25, 0.3) is 0 Å². The minimum atomic E-state index is -1.38. The first kappa shape index (κ1) is 16.0. The largest absolute Gasteiger partial charge is 0.479 e. The molecule has 0 aliphatic carbocycles. The van der Waals surface area contributed by atoms with Crippen LogP contribution in [0, 0.1) is 11.6 Å². The van der Waals surface area contributed by atoms with E-state index in [0.717, 1.165) is 25.1 Å². The van der Waals surface area contributed by atoms with Crippen LogP contribution >= 0.6 is 0 Å². The van der Waals surface area contributed by atoms with Gasteiger partial charge in [0.15, 0.2) is 17.7 Å². The Morgan fingerprint density at radius 3 is 2.17 bits per heavy atom. The van der Waals surface area contributed by atoms with Gasteiger partial charge < -0.3 is 10.4 Å². The number of carboxylic acids is 1. The van der Waals surface area contributed by atoms with Crippen LogP contribution in [0.15, 0.2) is 18.2 Å². The maximum Gasteiger partial charge on any atom is 0.330 e. The second kappa shape index (κ2) is 7.37. The number of halogens is 2. The van der Waals surface area contributed by atoms with Crippen molar-refractivity contribution in [1.29, 1.82) is 0 Å². The van der Waals surface area contributed by atoms with Crippen LogP contribution in [0.1, 0.15) is 32.4 Å². The Kier molecular flexibility index (Phi) is 6.56. The summed E-state index contributed by atoms with van der Waals surface area (Å²) in [5, 5.41) is 10.9. The highest BCUT2D eigenvalue weighted by atomic mass is 19.2. The summed E-state index contributed by atoms with van der Waals surface area (Å²) in [6.07, 6.45) is 0. The Morgan fingerprint density at radius 2 is 1.78 bits per heavy atom. The molecule has 0 bridgehead atoms. The average Bonchev–Trinajstić information content (AvgIpc) is 2.32. The summed E-state index contributed by atoms with van der Waals surface area (Å²) < 4.78 is 25.5. The summed E-state index contributed by atoms with van der Waals surface area (Å²) in [5.74, 6) is -4.15. The number of rotatable bonds is 3. The molecule has 100 valence electrons. The molecule has 1 unspecified atom stereocenters.